The van der Waals surface area contributed by atoms with Gasteiger partial charge < -0.3 is 30.0 Å². The van der Waals surface area contributed by atoms with Crippen LogP contribution in [0.4, 0.5) is 0 Å². The zero-order chi connectivity index (χ0) is 59.1. The van der Waals surface area contributed by atoms with Crippen LogP contribution in [0.15, 0.2) is 97.6 Å². The normalized spacial score (nSPS) is 21.0. The number of halogens is 1. The lowest BCUT2D eigenvalue weighted by atomic mass is 9.88. The molecule has 10 nitrogen and oxygen atoms in total. The zero-order valence-electron chi connectivity index (χ0n) is 51.6. The Balaban J connectivity index is 0.000000143. The van der Waals surface area contributed by atoms with E-state index in [1.807, 2.05) is 24.8 Å². The molecule has 0 unspecified atom stereocenters. The third-order valence-corrected chi connectivity index (χ3v) is 23.1. The molecule has 6 aliphatic heterocycles. The van der Waals surface area contributed by atoms with Crippen LogP contribution >= 0.6 is 34.3 Å². The van der Waals surface area contributed by atoms with Gasteiger partial charge in [-0.25, -0.2) is 0 Å². The van der Waals surface area contributed by atoms with Crippen LogP contribution in [0.3, 0.4) is 0 Å². The number of amides is 2. The fourth-order valence-electron chi connectivity index (χ4n) is 15.6. The molecule has 14 rings (SSSR count). The van der Waals surface area contributed by atoms with Gasteiger partial charge in [0, 0.05) is 81.9 Å². The highest BCUT2D eigenvalue weighted by atomic mass is 35.5. The van der Waals surface area contributed by atoms with E-state index in [4.69, 9.17) is 11.6 Å². The average Bonchev–Trinajstić information content (AvgIpc) is 2.29. The number of aryl methyl sites for hydroxylation is 5. The number of aromatic nitrogens is 4. The molecular formula is C72H89ClN8O2S2. The number of likely N-dealkylation sites (tertiary alicyclic amines) is 1. The minimum atomic E-state index is -0.512. The summed E-state index contributed by atoms with van der Waals surface area (Å²) in [6.07, 6.45) is 23.8. The van der Waals surface area contributed by atoms with Gasteiger partial charge in [-0.05, 0) is 277 Å². The second kappa shape index (κ2) is 25.2. The number of thiophene rings is 2. The van der Waals surface area contributed by atoms with E-state index in [-0.39, 0.29) is 0 Å². The number of pyridine rings is 2. The fraction of sp³-hybridized carbons (Fsp3) is 0.500. The van der Waals surface area contributed by atoms with Gasteiger partial charge in [-0.1, -0.05) is 34.4 Å². The molecule has 6 fully saturated rings. The molecule has 13 heteroatoms. The molecular weight excluding hydrogens is 1110 g/mol. The number of rotatable bonds is 13. The standard InChI is InChI=1S/C36H44N4OS.C26H31ClN2OS.C10H14N2/c1-23-19-24(2)21-27(20-23)33-30(13-18-39-16-11-26(12-17-39)25-9-14-37-15-10-25)31-22-32(42-34(31)38-33)36(3,4)35(41)40-28-5-6-29(40)8-7-28;1-15-11-16(2)13-17(12-15)23-20(9-10-27)21-14-22(31-24(21)28-23)26(3,4)25(30)29-18-5-6-19(29)8-7-18;1-5-11-6-2-9(1)10-3-7-12-8-4-10/h9-10,14-15,19-22,26,28-29,38H,5-8,11-13,16-18H2,1-4H3;11-14,18-19,28H,5-10H2,1-4H3;1-2,5-6,10,12H,3-4,7-8H2. The fourth-order valence-corrected chi connectivity index (χ4v) is 18.1. The number of carbonyl (C=O) groups is 2. The van der Waals surface area contributed by atoms with Crippen LogP contribution in [-0.2, 0) is 33.3 Å². The van der Waals surface area contributed by atoms with E-state index in [1.165, 1.54) is 165 Å². The summed E-state index contributed by atoms with van der Waals surface area (Å²) in [7, 11) is 0. The first-order chi connectivity index (χ1) is 41.0. The van der Waals surface area contributed by atoms with Gasteiger partial charge in [0.2, 0.25) is 11.8 Å². The van der Waals surface area contributed by atoms with Crippen molar-refractivity contribution in [3.8, 4) is 22.5 Å². The number of H-pyrrole nitrogens is 2. The third kappa shape index (κ3) is 12.4. The van der Waals surface area contributed by atoms with Crippen LogP contribution in [0.5, 0.6) is 0 Å². The Morgan fingerprint density at radius 2 is 0.906 bits per heavy atom. The Morgan fingerprint density at radius 3 is 1.29 bits per heavy atom. The summed E-state index contributed by atoms with van der Waals surface area (Å²) in [4.78, 5) is 55.1. The van der Waals surface area contributed by atoms with Crippen molar-refractivity contribution >= 4 is 66.5 Å². The first-order valence-electron chi connectivity index (χ1n) is 32.0. The molecule has 8 aromatic rings. The lowest BCUT2D eigenvalue weighted by molar-refractivity contribution is -0.138. The maximum Gasteiger partial charge on any atom is 0.233 e. The van der Waals surface area contributed by atoms with Gasteiger partial charge in [-0.3, -0.25) is 19.6 Å². The molecule has 4 bridgehead atoms. The van der Waals surface area contributed by atoms with E-state index in [0.29, 0.717) is 47.8 Å². The lowest BCUT2D eigenvalue weighted by Gasteiger charge is -2.32. The van der Waals surface area contributed by atoms with E-state index in [0.717, 1.165) is 61.2 Å². The molecule has 0 saturated carbocycles. The maximum absolute atomic E-state index is 13.9. The van der Waals surface area contributed by atoms with Gasteiger partial charge in [0.05, 0.1) is 22.2 Å². The Bertz CT molecular complexity index is 3560. The highest BCUT2D eigenvalue weighted by molar-refractivity contribution is 7.19. The minimum absolute atomic E-state index is 0.301. The van der Waals surface area contributed by atoms with Crippen molar-refractivity contribution in [2.75, 3.05) is 38.6 Å². The van der Waals surface area contributed by atoms with Crippen LogP contribution in [0.2, 0.25) is 0 Å². The molecule has 6 aliphatic rings. The Labute approximate surface area is 518 Å². The number of hydrogen-bond acceptors (Lipinski definition) is 8. The largest absolute Gasteiger partial charge is 0.346 e. The zero-order valence-corrected chi connectivity index (χ0v) is 54.0. The van der Waals surface area contributed by atoms with Gasteiger partial charge in [-0.15, -0.1) is 34.3 Å². The molecule has 6 saturated heterocycles. The molecule has 448 valence electrons. The van der Waals surface area contributed by atoms with Crippen LogP contribution in [-0.4, -0.2) is 109 Å². The molecule has 12 heterocycles. The Hall–Kier alpha value is -5.63. The van der Waals surface area contributed by atoms with Crippen molar-refractivity contribution in [3.05, 3.63) is 152 Å². The van der Waals surface area contributed by atoms with Gasteiger partial charge in [0.1, 0.15) is 9.66 Å². The number of aromatic amines is 2. The molecule has 2 amide bonds. The van der Waals surface area contributed by atoms with Crippen molar-refractivity contribution in [3.63, 3.8) is 0 Å². The molecule has 0 spiro atoms. The number of carbonyl (C=O) groups excluding carboxylic acids is 2. The van der Waals surface area contributed by atoms with Crippen LogP contribution in [0.25, 0.3) is 42.9 Å². The number of alkyl halides is 1. The summed E-state index contributed by atoms with van der Waals surface area (Å²) in [5, 5.41) is 5.90. The van der Waals surface area contributed by atoms with Crippen molar-refractivity contribution in [1.29, 1.82) is 0 Å². The first-order valence-corrected chi connectivity index (χ1v) is 34.1. The number of benzene rings is 2. The quantitative estimate of drug-likeness (QED) is 0.0992. The smallest absolute Gasteiger partial charge is 0.233 e. The maximum atomic E-state index is 13.9. The second-order valence-corrected chi connectivity index (χ2v) is 29.4. The van der Waals surface area contributed by atoms with Crippen LogP contribution in [0, 0.1) is 27.7 Å². The van der Waals surface area contributed by atoms with E-state index >= 15 is 0 Å². The highest BCUT2D eigenvalue weighted by Crippen LogP contribution is 2.47. The number of piperidine rings is 2. The van der Waals surface area contributed by atoms with E-state index in [2.05, 4.69) is 168 Å². The van der Waals surface area contributed by atoms with E-state index in [9.17, 15) is 9.59 Å². The molecule has 0 aliphatic carbocycles. The molecule has 6 aromatic heterocycles. The highest BCUT2D eigenvalue weighted by Gasteiger charge is 2.49. The predicted molar refractivity (Wildman–Crippen MR) is 354 cm³/mol. The molecule has 0 radical (unpaired) electrons. The van der Waals surface area contributed by atoms with Crippen LogP contribution < -0.4 is 5.32 Å². The number of nitrogens with one attached hydrogen (secondary N) is 3. The van der Waals surface area contributed by atoms with Crippen LogP contribution in [0.1, 0.15) is 171 Å². The number of hydrogen-bond donors (Lipinski definition) is 3. The predicted octanol–water partition coefficient (Wildman–Crippen LogP) is 16.0. The van der Waals surface area contributed by atoms with Crippen molar-refractivity contribution in [2.45, 2.75) is 192 Å². The van der Waals surface area contributed by atoms with E-state index < -0.39 is 10.8 Å². The lowest BCUT2D eigenvalue weighted by Crippen LogP contribution is -2.45. The summed E-state index contributed by atoms with van der Waals surface area (Å²) < 4.78 is 0. The van der Waals surface area contributed by atoms with Gasteiger partial charge in [0.25, 0.3) is 0 Å². The van der Waals surface area contributed by atoms with Gasteiger partial charge in [0.15, 0.2) is 0 Å². The van der Waals surface area contributed by atoms with Crippen molar-refractivity contribution < 1.29 is 9.59 Å². The van der Waals surface area contributed by atoms with Crippen molar-refractivity contribution in [1.82, 2.24) is 40.0 Å². The molecule has 2 aromatic carbocycles. The average molecular weight is 1200 g/mol. The number of fused-ring (bicyclic) bond motifs is 6. The monoisotopic (exact) mass is 1200 g/mol. The van der Waals surface area contributed by atoms with Crippen molar-refractivity contribution in [2.24, 2.45) is 0 Å². The Kier molecular flexibility index (Phi) is 17.7. The van der Waals surface area contributed by atoms with Gasteiger partial charge >= 0.3 is 0 Å². The van der Waals surface area contributed by atoms with Gasteiger partial charge in [-0.2, -0.15) is 0 Å². The summed E-state index contributed by atoms with van der Waals surface area (Å²) in [5.41, 5.74) is 14.5. The molecule has 3 N–H and O–H groups in total. The topological polar surface area (TPSA) is 113 Å². The minimum Gasteiger partial charge on any atom is -0.346 e. The Morgan fingerprint density at radius 1 is 0.529 bits per heavy atom. The molecule has 0 atom stereocenters. The third-order valence-electron chi connectivity index (χ3n) is 20.2. The summed E-state index contributed by atoms with van der Waals surface area (Å²) >= 11 is 9.74. The summed E-state index contributed by atoms with van der Waals surface area (Å²) in [6, 6.07) is 28.6. The van der Waals surface area contributed by atoms with E-state index in [1.54, 1.807) is 22.7 Å². The summed E-state index contributed by atoms with van der Waals surface area (Å²) in [5.74, 6) is 2.60. The SMILES string of the molecule is Cc1cc(C)cc(-c2[nH]c3sc(C(C)(C)C(=O)N4C5CCC4CC5)cc3c2CCCl)c1.Cc1cc(C)cc(-c2[nH]c3sc(C(C)(C)C(=O)N4C5CCC4CC5)cc3c2CCN2CCC(c3ccncc3)CC2)c1.c1cc(C2CCNCC2)ccn1. The number of nitrogens with zero attached hydrogens (tertiary/aromatic N) is 5. The molecule has 85 heavy (non-hydrogen) atoms. The summed E-state index contributed by atoms with van der Waals surface area (Å²) in [6.45, 7) is 22.8. The first kappa shape index (κ1) is 59.7. The second-order valence-electron chi connectivity index (χ2n) is 26.9.